The van der Waals surface area contributed by atoms with Gasteiger partial charge in [0.1, 0.15) is 5.75 Å². The first kappa shape index (κ1) is 15.6. The molecule has 0 spiro atoms. The average molecular weight is 303 g/mol. The Balaban J connectivity index is 2.20. The van der Waals surface area contributed by atoms with E-state index in [0.717, 1.165) is 22.4 Å². The van der Waals surface area contributed by atoms with Gasteiger partial charge in [-0.1, -0.05) is 17.7 Å². The van der Waals surface area contributed by atoms with Crippen LogP contribution in [0.1, 0.15) is 34.0 Å². The summed E-state index contributed by atoms with van der Waals surface area (Å²) in [5, 5.41) is 0.616. The van der Waals surface area contributed by atoms with Gasteiger partial charge in [0.15, 0.2) is 6.10 Å². The standard InChI is InChI=1S/C18H19ClO2/c1-11-9-12(2)13(3)17(10-11)21-14(4)18(20)15-5-7-16(19)8-6-15/h5-10,14H,1-4H3. The number of hydrogen-bond donors (Lipinski definition) is 0. The second kappa shape index (κ2) is 6.31. The third-order valence-corrected chi connectivity index (χ3v) is 3.82. The van der Waals surface area contributed by atoms with E-state index < -0.39 is 6.10 Å². The minimum absolute atomic E-state index is 0.0507. The van der Waals surface area contributed by atoms with E-state index in [1.807, 2.05) is 26.8 Å². The van der Waals surface area contributed by atoms with Crippen LogP contribution in [0.2, 0.25) is 5.02 Å². The van der Waals surface area contributed by atoms with E-state index in [-0.39, 0.29) is 5.78 Å². The van der Waals surface area contributed by atoms with Gasteiger partial charge >= 0.3 is 0 Å². The summed E-state index contributed by atoms with van der Waals surface area (Å²) in [7, 11) is 0. The van der Waals surface area contributed by atoms with Gasteiger partial charge < -0.3 is 4.74 Å². The molecule has 0 fully saturated rings. The Bertz CT molecular complexity index is 660. The molecule has 1 atom stereocenters. The van der Waals surface area contributed by atoms with Crippen molar-refractivity contribution in [2.24, 2.45) is 0 Å². The highest BCUT2D eigenvalue weighted by Gasteiger charge is 2.18. The van der Waals surface area contributed by atoms with Crippen LogP contribution in [0.25, 0.3) is 0 Å². The molecular weight excluding hydrogens is 284 g/mol. The lowest BCUT2D eigenvalue weighted by molar-refractivity contribution is 0.0817. The molecule has 0 saturated heterocycles. The predicted molar refractivity (Wildman–Crippen MR) is 86.5 cm³/mol. The summed E-state index contributed by atoms with van der Waals surface area (Å²) in [6, 6.07) is 10.9. The third-order valence-electron chi connectivity index (χ3n) is 3.57. The fourth-order valence-electron chi connectivity index (χ4n) is 2.22. The van der Waals surface area contributed by atoms with E-state index in [2.05, 4.69) is 6.07 Å². The zero-order chi connectivity index (χ0) is 15.6. The van der Waals surface area contributed by atoms with Crippen LogP contribution in [0.15, 0.2) is 36.4 Å². The summed E-state index contributed by atoms with van der Waals surface area (Å²) in [6.45, 7) is 7.84. The molecule has 21 heavy (non-hydrogen) atoms. The highest BCUT2D eigenvalue weighted by Crippen LogP contribution is 2.25. The zero-order valence-corrected chi connectivity index (χ0v) is 13.5. The number of halogens is 1. The summed E-state index contributed by atoms with van der Waals surface area (Å²) in [6.07, 6.45) is -0.536. The molecule has 3 heteroatoms. The number of rotatable bonds is 4. The van der Waals surface area contributed by atoms with E-state index in [1.165, 1.54) is 0 Å². The lowest BCUT2D eigenvalue weighted by Gasteiger charge is -2.17. The van der Waals surface area contributed by atoms with Crippen molar-refractivity contribution in [1.29, 1.82) is 0 Å². The normalized spacial score (nSPS) is 12.0. The Labute approximate surface area is 130 Å². The molecule has 0 aromatic heterocycles. The number of benzene rings is 2. The van der Waals surface area contributed by atoms with Crippen LogP contribution < -0.4 is 4.74 Å². The Morgan fingerprint density at radius 3 is 2.33 bits per heavy atom. The van der Waals surface area contributed by atoms with Gasteiger partial charge in [0, 0.05) is 10.6 Å². The van der Waals surface area contributed by atoms with Crippen LogP contribution in [0.5, 0.6) is 5.75 Å². The SMILES string of the molecule is Cc1cc(C)c(C)c(OC(C)C(=O)c2ccc(Cl)cc2)c1. The van der Waals surface area contributed by atoms with E-state index in [0.29, 0.717) is 10.6 Å². The van der Waals surface area contributed by atoms with Crippen molar-refractivity contribution in [2.45, 2.75) is 33.8 Å². The molecule has 0 N–H and O–H groups in total. The number of carbonyl (C=O) groups is 1. The van der Waals surface area contributed by atoms with Gasteiger partial charge in [0.2, 0.25) is 5.78 Å². The minimum Gasteiger partial charge on any atom is -0.482 e. The van der Waals surface area contributed by atoms with Gasteiger partial charge in [-0.15, -0.1) is 0 Å². The van der Waals surface area contributed by atoms with Gasteiger partial charge in [-0.25, -0.2) is 0 Å². The van der Waals surface area contributed by atoms with Gasteiger partial charge in [-0.2, -0.15) is 0 Å². The Morgan fingerprint density at radius 1 is 1.10 bits per heavy atom. The molecule has 0 aliphatic heterocycles. The molecule has 2 aromatic rings. The zero-order valence-electron chi connectivity index (χ0n) is 12.7. The lowest BCUT2D eigenvalue weighted by Crippen LogP contribution is -2.24. The van der Waals surface area contributed by atoms with Crippen molar-refractivity contribution in [1.82, 2.24) is 0 Å². The van der Waals surface area contributed by atoms with E-state index in [1.54, 1.807) is 31.2 Å². The molecule has 110 valence electrons. The topological polar surface area (TPSA) is 26.3 Å². The average Bonchev–Trinajstić information content (AvgIpc) is 2.44. The maximum Gasteiger partial charge on any atom is 0.202 e. The molecule has 0 amide bonds. The summed E-state index contributed by atoms with van der Waals surface area (Å²) in [4.78, 5) is 12.4. The van der Waals surface area contributed by atoms with E-state index in [4.69, 9.17) is 16.3 Å². The molecule has 0 heterocycles. The minimum atomic E-state index is -0.536. The Kier molecular flexibility index (Phi) is 4.69. The van der Waals surface area contributed by atoms with Gasteiger partial charge in [-0.3, -0.25) is 4.79 Å². The van der Waals surface area contributed by atoms with Crippen LogP contribution in [-0.2, 0) is 0 Å². The molecular formula is C18H19ClO2. The number of aryl methyl sites for hydroxylation is 2. The summed E-state index contributed by atoms with van der Waals surface area (Å²) >= 11 is 5.84. The molecule has 2 aromatic carbocycles. The van der Waals surface area contributed by atoms with Gasteiger partial charge in [0.25, 0.3) is 0 Å². The van der Waals surface area contributed by atoms with Crippen LogP contribution in [0, 0.1) is 20.8 Å². The first-order valence-corrected chi connectivity index (χ1v) is 7.30. The fourth-order valence-corrected chi connectivity index (χ4v) is 2.34. The molecule has 2 nitrogen and oxygen atoms in total. The molecule has 0 aliphatic carbocycles. The quantitative estimate of drug-likeness (QED) is 0.750. The van der Waals surface area contributed by atoms with Crippen molar-refractivity contribution >= 4 is 17.4 Å². The molecule has 0 saturated carbocycles. The second-order valence-electron chi connectivity index (χ2n) is 5.34. The van der Waals surface area contributed by atoms with Crippen LogP contribution >= 0.6 is 11.6 Å². The maximum absolute atomic E-state index is 12.4. The fraction of sp³-hybridized carbons (Fsp3) is 0.278. The van der Waals surface area contributed by atoms with Crippen molar-refractivity contribution in [2.75, 3.05) is 0 Å². The van der Waals surface area contributed by atoms with Crippen LogP contribution in [-0.4, -0.2) is 11.9 Å². The monoisotopic (exact) mass is 302 g/mol. The maximum atomic E-state index is 12.4. The number of ether oxygens (including phenoxy) is 1. The first-order chi connectivity index (χ1) is 9.88. The van der Waals surface area contributed by atoms with E-state index in [9.17, 15) is 4.79 Å². The highest BCUT2D eigenvalue weighted by atomic mass is 35.5. The van der Waals surface area contributed by atoms with Crippen LogP contribution in [0.3, 0.4) is 0 Å². The predicted octanol–water partition coefficient (Wildman–Crippen LogP) is 4.92. The smallest absolute Gasteiger partial charge is 0.202 e. The van der Waals surface area contributed by atoms with Gasteiger partial charge in [-0.05, 0) is 74.7 Å². The summed E-state index contributed by atoms with van der Waals surface area (Å²) < 4.78 is 5.87. The van der Waals surface area contributed by atoms with Crippen molar-refractivity contribution in [3.05, 3.63) is 63.7 Å². The number of carbonyl (C=O) groups excluding carboxylic acids is 1. The Hall–Kier alpha value is -1.80. The van der Waals surface area contributed by atoms with Crippen molar-refractivity contribution in [3.8, 4) is 5.75 Å². The number of ketones is 1. The van der Waals surface area contributed by atoms with Crippen molar-refractivity contribution < 1.29 is 9.53 Å². The molecule has 2 rings (SSSR count). The van der Waals surface area contributed by atoms with Gasteiger partial charge in [0.05, 0.1) is 0 Å². The Morgan fingerprint density at radius 2 is 1.71 bits per heavy atom. The van der Waals surface area contributed by atoms with E-state index >= 15 is 0 Å². The molecule has 0 bridgehead atoms. The summed E-state index contributed by atoms with van der Waals surface area (Å²) in [5.74, 6) is 0.715. The number of Topliss-reactive ketones (excluding diaryl/α,β-unsaturated/α-hetero) is 1. The first-order valence-electron chi connectivity index (χ1n) is 6.93. The summed E-state index contributed by atoms with van der Waals surface area (Å²) in [5.41, 5.74) is 3.96. The number of hydrogen-bond acceptors (Lipinski definition) is 2. The molecule has 0 radical (unpaired) electrons. The van der Waals surface area contributed by atoms with Crippen LogP contribution in [0.4, 0.5) is 0 Å². The van der Waals surface area contributed by atoms with Crippen molar-refractivity contribution in [3.63, 3.8) is 0 Å². The lowest BCUT2D eigenvalue weighted by atomic mass is 10.0. The molecule has 0 aliphatic rings. The highest BCUT2D eigenvalue weighted by molar-refractivity contribution is 6.30. The largest absolute Gasteiger partial charge is 0.482 e. The third kappa shape index (κ3) is 3.64. The second-order valence-corrected chi connectivity index (χ2v) is 5.77. The molecule has 1 unspecified atom stereocenters.